The Hall–Kier alpha value is -4.70. The van der Waals surface area contributed by atoms with E-state index in [4.69, 9.17) is 18.6 Å². The molecule has 2 aromatic heterocycles. The molecular weight excluding hydrogens is 568 g/mol. The number of esters is 2. The molecule has 1 aliphatic rings. The van der Waals surface area contributed by atoms with Crippen LogP contribution in [0.5, 0.6) is 5.75 Å². The fourth-order valence-electron chi connectivity index (χ4n) is 4.86. The standard InChI is InChI=1S/C33H32N2O7S/c1-5-7-18-41-31(37)22-14-12-21(13-15-22)25-17-16-23(42-25)19-27-30(36)35-29(24-10-8-9-11-26(24)39-4)28(32(38)40-6-2)20(3)34-33(35)43-27/h8-17,19,29H,5-7,18H2,1-4H3/b27-19-/t29-/m0/s1. The van der Waals surface area contributed by atoms with Crippen molar-refractivity contribution >= 4 is 29.4 Å². The quantitative estimate of drug-likeness (QED) is 0.186. The van der Waals surface area contributed by atoms with Crippen LogP contribution >= 0.6 is 11.3 Å². The fraction of sp³-hybridized carbons (Fsp3) is 0.273. The summed E-state index contributed by atoms with van der Waals surface area (Å²) in [5, 5.41) is 0. The number of hydrogen-bond acceptors (Lipinski definition) is 9. The number of nitrogens with zero attached hydrogens (tertiary/aromatic N) is 2. The van der Waals surface area contributed by atoms with E-state index >= 15 is 0 Å². The normalized spacial score (nSPS) is 14.7. The Labute approximate surface area is 252 Å². The van der Waals surface area contributed by atoms with Gasteiger partial charge in [0.05, 0.1) is 41.7 Å². The summed E-state index contributed by atoms with van der Waals surface area (Å²) in [5.74, 6) is 0.693. The average molecular weight is 601 g/mol. The third-order valence-corrected chi connectivity index (χ3v) is 7.97. The van der Waals surface area contributed by atoms with Gasteiger partial charge in [-0.1, -0.05) is 55.0 Å². The number of methoxy groups -OCH3 is 1. The lowest BCUT2D eigenvalue weighted by Gasteiger charge is -2.25. The van der Waals surface area contributed by atoms with Crippen molar-refractivity contribution in [3.05, 3.63) is 109 Å². The molecule has 0 saturated heterocycles. The van der Waals surface area contributed by atoms with E-state index in [9.17, 15) is 14.4 Å². The number of unbranched alkanes of at least 4 members (excludes halogenated alkanes) is 1. The summed E-state index contributed by atoms with van der Waals surface area (Å²) in [5.41, 5.74) is 2.32. The van der Waals surface area contributed by atoms with Crippen molar-refractivity contribution in [1.82, 2.24) is 4.57 Å². The molecule has 222 valence electrons. The van der Waals surface area contributed by atoms with E-state index in [0.717, 1.165) is 18.4 Å². The monoisotopic (exact) mass is 600 g/mol. The molecule has 4 aromatic rings. The fourth-order valence-corrected chi connectivity index (χ4v) is 5.88. The highest BCUT2D eigenvalue weighted by Gasteiger charge is 2.35. The van der Waals surface area contributed by atoms with Gasteiger partial charge in [-0.2, -0.15) is 0 Å². The molecule has 0 bridgehead atoms. The van der Waals surface area contributed by atoms with Crippen LogP contribution < -0.4 is 19.6 Å². The summed E-state index contributed by atoms with van der Waals surface area (Å²) in [4.78, 5) is 44.3. The summed E-state index contributed by atoms with van der Waals surface area (Å²) in [6.45, 7) is 6.09. The Morgan fingerprint density at radius 1 is 1.02 bits per heavy atom. The largest absolute Gasteiger partial charge is 0.496 e. The maximum Gasteiger partial charge on any atom is 0.338 e. The molecule has 0 radical (unpaired) electrons. The number of para-hydroxylation sites is 1. The lowest BCUT2D eigenvalue weighted by molar-refractivity contribution is -0.139. The van der Waals surface area contributed by atoms with Gasteiger partial charge < -0.3 is 18.6 Å². The number of thiazole rings is 1. The predicted molar refractivity (Wildman–Crippen MR) is 163 cm³/mol. The summed E-state index contributed by atoms with van der Waals surface area (Å²) < 4.78 is 24.2. The Balaban J connectivity index is 1.51. The van der Waals surface area contributed by atoms with Crippen LogP contribution in [0.2, 0.25) is 0 Å². The van der Waals surface area contributed by atoms with Crippen molar-refractivity contribution in [3.63, 3.8) is 0 Å². The SMILES string of the molecule is CCCCOC(=O)c1ccc(-c2ccc(/C=c3\sc4n(c3=O)[C@@H](c3ccccc3OC)C(C(=O)OCC)=C(C)N=4)o2)cc1. The van der Waals surface area contributed by atoms with Crippen molar-refractivity contribution in [2.75, 3.05) is 20.3 Å². The maximum absolute atomic E-state index is 13.9. The van der Waals surface area contributed by atoms with Crippen LogP contribution in [0.1, 0.15) is 61.3 Å². The van der Waals surface area contributed by atoms with Gasteiger partial charge in [-0.15, -0.1) is 0 Å². The lowest BCUT2D eigenvalue weighted by atomic mass is 9.95. The molecule has 0 spiro atoms. The average Bonchev–Trinajstić information content (AvgIpc) is 3.60. The zero-order valence-corrected chi connectivity index (χ0v) is 25.2. The van der Waals surface area contributed by atoms with Gasteiger partial charge in [-0.3, -0.25) is 9.36 Å². The summed E-state index contributed by atoms with van der Waals surface area (Å²) in [6.07, 6.45) is 3.44. The molecule has 2 aromatic carbocycles. The van der Waals surface area contributed by atoms with Gasteiger partial charge in [-0.25, -0.2) is 14.6 Å². The Morgan fingerprint density at radius 2 is 1.79 bits per heavy atom. The molecule has 43 heavy (non-hydrogen) atoms. The van der Waals surface area contributed by atoms with Gasteiger partial charge in [0.15, 0.2) is 4.80 Å². The molecule has 0 fully saturated rings. The molecule has 10 heteroatoms. The molecule has 0 saturated carbocycles. The van der Waals surface area contributed by atoms with Crippen molar-refractivity contribution in [2.24, 2.45) is 4.99 Å². The van der Waals surface area contributed by atoms with Crippen LogP contribution in [0.4, 0.5) is 0 Å². The van der Waals surface area contributed by atoms with Crippen LogP contribution in [0.15, 0.2) is 86.1 Å². The summed E-state index contributed by atoms with van der Waals surface area (Å²) in [7, 11) is 1.55. The van der Waals surface area contributed by atoms with Gasteiger partial charge in [0.2, 0.25) is 0 Å². The van der Waals surface area contributed by atoms with Gasteiger partial charge >= 0.3 is 11.9 Å². The zero-order chi connectivity index (χ0) is 30.5. The first kappa shape index (κ1) is 29.8. The van der Waals surface area contributed by atoms with E-state index in [0.29, 0.717) is 50.0 Å². The molecule has 9 nitrogen and oxygen atoms in total. The van der Waals surface area contributed by atoms with Gasteiger partial charge in [-0.05, 0) is 50.6 Å². The number of fused-ring (bicyclic) bond motifs is 1. The zero-order valence-electron chi connectivity index (χ0n) is 24.4. The van der Waals surface area contributed by atoms with Crippen LogP contribution in [-0.2, 0) is 14.3 Å². The van der Waals surface area contributed by atoms with Gasteiger partial charge in [0.25, 0.3) is 5.56 Å². The second-order valence-corrected chi connectivity index (χ2v) is 10.8. The highest BCUT2D eigenvalue weighted by atomic mass is 32.1. The third kappa shape index (κ3) is 6.10. The molecule has 0 amide bonds. The molecule has 0 N–H and O–H groups in total. The van der Waals surface area contributed by atoms with Crippen molar-refractivity contribution < 1.29 is 28.2 Å². The van der Waals surface area contributed by atoms with E-state index < -0.39 is 12.0 Å². The van der Waals surface area contributed by atoms with E-state index in [1.54, 1.807) is 69.5 Å². The van der Waals surface area contributed by atoms with Crippen molar-refractivity contribution in [2.45, 2.75) is 39.7 Å². The summed E-state index contributed by atoms with van der Waals surface area (Å²) >= 11 is 1.21. The summed E-state index contributed by atoms with van der Waals surface area (Å²) in [6, 6.07) is 17.0. The predicted octanol–water partition coefficient (Wildman–Crippen LogP) is 5.02. The number of hydrogen-bond donors (Lipinski definition) is 0. The highest BCUT2D eigenvalue weighted by molar-refractivity contribution is 7.07. The number of rotatable bonds is 10. The van der Waals surface area contributed by atoms with Crippen LogP contribution in [0.3, 0.4) is 0 Å². The van der Waals surface area contributed by atoms with Crippen LogP contribution in [-0.4, -0.2) is 36.8 Å². The topological polar surface area (TPSA) is 109 Å². The number of ether oxygens (including phenoxy) is 3. The number of furan rings is 1. The number of benzene rings is 2. The lowest BCUT2D eigenvalue weighted by Crippen LogP contribution is -2.40. The second-order valence-electron chi connectivity index (χ2n) is 9.81. The Morgan fingerprint density at radius 3 is 2.51 bits per heavy atom. The van der Waals surface area contributed by atoms with Crippen molar-refractivity contribution in [3.8, 4) is 17.1 Å². The van der Waals surface area contributed by atoms with E-state index in [1.807, 2.05) is 25.1 Å². The maximum atomic E-state index is 13.9. The Bertz CT molecular complexity index is 1860. The number of carbonyl (C=O) groups is 2. The first-order valence-electron chi connectivity index (χ1n) is 14.1. The minimum absolute atomic E-state index is 0.186. The Kier molecular flexibility index (Phi) is 9.06. The van der Waals surface area contributed by atoms with Gasteiger partial charge in [0.1, 0.15) is 23.3 Å². The highest BCUT2D eigenvalue weighted by Crippen LogP contribution is 2.35. The molecule has 5 rings (SSSR count). The molecule has 0 aliphatic carbocycles. The molecular formula is C33H32N2O7S. The third-order valence-electron chi connectivity index (χ3n) is 6.99. The van der Waals surface area contributed by atoms with Crippen molar-refractivity contribution in [1.29, 1.82) is 0 Å². The molecule has 0 unspecified atom stereocenters. The first-order chi connectivity index (χ1) is 20.9. The minimum Gasteiger partial charge on any atom is -0.496 e. The molecule has 3 heterocycles. The smallest absolute Gasteiger partial charge is 0.338 e. The minimum atomic E-state index is -0.784. The number of allylic oxidation sites excluding steroid dienone is 1. The van der Waals surface area contributed by atoms with Crippen LogP contribution in [0.25, 0.3) is 17.4 Å². The number of carbonyl (C=O) groups excluding carboxylic acids is 2. The number of aromatic nitrogens is 1. The van der Waals surface area contributed by atoms with E-state index in [-0.39, 0.29) is 23.7 Å². The molecule has 1 atom stereocenters. The first-order valence-corrected chi connectivity index (χ1v) is 14.9. The van der Waals surface area contributed by atoms with E-state index in [1.165, 1.54) is 15.9 Å². The van der Waals surface area contributed by atoms with Gasteiger partial charge in [0, 0.05) is 17.2 Å². The second kappa shape index (κ2) is 13.1. The van der Waals surface area contributed by atoms with Crippen LogP contribution in [0, 0.1) is 0 Å². The van der Waals surface area contributed by atoms with E-state index in [2.05, 4.69) is 4.99 Å². The molecule has 1 aliphatic heterocycles.